The number of ether oxygens (including phenoxy) is 1. The van der Waals surface area contributed by atoms with Gasteiger partial charge in [0.25, 0.3) is 0 Å². The fourth-order valence-electron chi connectivity index (χ4n) is 5.67. The van der Waals surface area contributed by atoms with Crippen LogP contribution in [0.15, 0.2) is 85.9 Å². The van der Waals surface area contributed by atoms with Crippen LogP contribution in [-0.2, 0) is 21.4 Å². The number of carbonyl (C=O) groups excluding carboxylic acids is 1. The monoisotopic (exact) mass is 627 g/mol. The van der Waals surface area contributed by atoms with Gasteiger partial charge in [-0.15, -0.1) is 0 Å². The van der Waals surface area contributed by atoms with E-state index in [2.05, 4.69) is 32.8 Å². The summed E-state index contributed by atoms with van der Waals surface area (Å²) in [6.07, 6.45) is 10.6. The van der Waals surface area contributed by atoms with Gasteiger partial charge in [-0.25, -0.2) is 13.8 Å². The maximum absolute atomic E-state index is 15.2. The van der Waals surface area contributed by atoms with E-state index in [9.17, 15) is 9.18 Å². The van der Waals surface area contributed by atoms with Gasteiger partial charge >= 0.3 is 0 Å². The van der Waals surface area contributed by atoms with Crippen molar-refractivity contribution in [3.05, 3.63) is 99.8 Å². The van der Waals surface area contributed by atoms with Crippen molar-refractivity contribution in [3.8, 4) is 0 Å². The van der Waals surface area contributed by atoms with Crippen LogP contribution >= 0.6 is 0 Å². The number of nitrogens with one attached hydrogen (secondary N) is 2. The van der Waals surface area contributed by atoms with Gasteiger partial charge in [0.15, 0.2) is 11.6 Å². The summed E-state index contributed by atoms with van der Waals surface area (Å²) >= 11 is 0. The number of hydrogen-bond acceptors (Lipinski definition) is 8. The van der Waals surface area contributed by atoms with Crippen molar-refractivity contribution in [3.63, 3.8) is 0 Å². The third-order valence-corrected chi connectivity index (χ3v) is 8.73. The molecule has 240 valence electrons. The molecule has 3 aliphatic rings. The lowest BCUT2D eigenvalue weighted by molar-refractivity contribution is -0.112. The molecule has 2 fully saturated rings. The molecule has 0 bridgehead atoms. The van der Waals surface area contributed by atoms with Crippen molar-refractivity contribution < 1.29 is 22.8 Å². The van der Waals surface area contributed by atoms with Crippen LogP contribution in [0, 0.1) is 17.1 Å². The van der Waals surface area contributed by atoms with Crippen LogP contribution in [-0.4, -0.2) is 55.5 Å². The van der Waals surface area contributed by atoms with E-state index in [4.69, 9.17) is 14.7 Å². The predicted octanol–water partition coefficient (Wildman–Crippen LogP) is 6.78. The second kappa shape index (κ2) is 13.4. The maximum Gasteiger partial charge on any atom is 0.187 e. The Morgan fingerprint density at radius 2 is 2.09 bits per heavy atom. The molecule has 2 aliphatic carbocycles. The summed E-state index contributed by atoms with van der Waals surface area (Å²) in [5.41, 5.74) is 4.70. The number of aliphatic imine (C=N–C) groups is 2. The lowest BCUT2D eigenvalue weighted by atomic mass is 9.86. The summed E-state index contributed by atoms with van der Waals surface area (Å²) in [5, 5.41) is 15.5. The zero-order chi connectivity index (χ0) is 33.1. The molecule has 0 atom stereocenters. The SMILES string of the molecule is C=C(CCOC)/C(=C(\C=N/C)NC1=C=CC=C(c2ccc(CC(=O)C(=N)c3cc(C4(C(C)(C)F)CC4)on3)c(F)c2)C=N1)C1CC1. The van der Waals surface area contributed by atoms with Gasteiger partial charge in [-0.2, -0.15) is 0 Å². The van der Waals surface area contributed by atoms with Crippen LogP contribution in [0.4, 0.5) is 8.78 Å². The molecule has 0 saturated heterocycles. The van der Waals surface area contributed by atoms with Crippen LogP contribution < -0.4 is 5.32 Å². The Morgan fingerprint density at radius 3 is 2.72 bits per heavy atom. The van der Waals surface area contributed by atoms with Gasteiger partial charge in [0.1, 0.15) is 28.7 Å². The first-order valence-electron chi connectivity index (χ1n) is 15.4. The standard InChI is InChI=1S/C36H39F2N5O3/c1-22(13-16-45-5)33(23-9-10-23)29(21-40-4)42-32-8-6-7-26(20-41-32)24-11-12-25(27(37)17-24)18-30(44)34(39)28-19-31(46-43-28)36(14-15-36)35(2,3)38/h6-7,11-12,17,19-21,23,39,42H,1,9-10,13-16,18H2,2-5H3/b33-29-,39-34?,40-21-. The van der Waals surface area contributed by atoms with E-state index in [-0.39, 0.29) is 17.7 Å². The molecule has 1 aromatic heterocycles. The smallest absolute Gasteiger partial charge is 0.187 e. The number of hydrogen-bond donors (Lipinski definition) is 2. The highest BCUT2D eigenvalue weighted by molar-refractivity contribution is 6.44. The molecule has 46 heavy (non-hydrogen) atoms. The molecule has 2 saturated carbocycles. The van der Waals surface area contributed by atoms with Gasteiger partial charge in [-0.05, 0) is 92.4 Å². The second-order valence-electron chi connectivity index (χ2n) is 12.4. The molecule has 1 aromatic carbocycles. The molecule has 0 radical (unpaired) electrons. The number of carbonyl (C=O) groups is 1. The zero-order valence-corrected chi connectivity index (χ0v) is 26.7. The number of aromatic nitrogens is 1. The topological polar surface area (TPSA) is 113 Å². The van der Waals surface area contributed by atoms with Crippen molar-refractivity contribution in [1.29, 1.82) is 5.41 Å². The largest absolute Gasteiger partial charge is 0.384 e. The summed E-state index contributed by atoms with van der Waals surface area (Å²) in [6, 6.07) is 6.02. The number of halogens is 2. The number of alkyl halides is 1. The molecule has 0 unspecified atom stereocenters. The molecule has 2 heterocycles. The van der Waals surface area contributed by atoms with E-state index in [1.807, 2.05) is 0 Å². The molecule has 2 aromatic rings. The Balaban J connectivity index is 1.25. The lowest BCUT2D eigenvalue weighted by Crippen LogP contribution is -2.31. The molecule has 10 heteroatoms. The molecule has 1 aliphatic heterocycles. The van der Waals surface area contributed by atoms with Crippen molar-refractivity contribution in [1.82, 2.24) is 10.5 Å². The van der Waals surface area contributed by atoms with Crippen molar-refractivity contribution in [2.45, 2.75) is 63.5 Å². The summed E-state index contributed by atoms with van der Waals surface area (Å²) in [6.45, 7) is 7.83. The zero-order valence-electron chi connectivity index (χ0n) is 26.7. The van der Waals surface area contributed by atoms with Crippen LogP contribution in [0.5, 0.6) is 0 Å². The van der Waals surface area contributed by atoms with E-state index in [0.717, 1.165) is 29.7 Å². The Kier molecular flexibility index (Phi) is 9.60. The molecule has 0 spiro atoms. The predicted molar refractivity (Wildman–Crippen MR) is 176 cm³/mol. The number of allylic oxidation sites excluding steroid dienone is 5. The van der Waals surface area contributed by atoms with E-state index in [0.29, 0.717) is 54.5 Å². The van der Waals surface area contributed by atoms with Crippen molar-refractivity contribution in [2.75, 3.05) is 20.8 Å². The van der Waals surface area contributed by atoms with Crippen molar-refractivity contribution >= 4 is 29.5 Å². The van der Waals surface area contributed by atoms with E-state index in [1.165, 1.54) is 32.0 Å². The Bertz CT molecular complexity index is 1740. The minimum Gasteiger partial charge on any atom is -0.384 e. The number of ketones is 1. The normalized spacial score (nSPS) is 17.7. The number of benzene rings is 1. The number of methoxy groups -OCH3 is 1. The van der Waals surface area contributed by atoms with Gasteiger partial charge < -0.3 is 14.6 Å². The second-order valence-corrected chi connectivity index (χ2v) is 12.4. The molecule has 0 amide bonds. The van der Waals surface area contributed by atoms with E-state index in [1.54, 1.807) is 44.8 Å². The fraction of sp³-hybridized carbons (Fsp3) is 0.389. The highest BCUT2D eigenvalue weighted by atomic mass is 19.1. The first-order chi connectivity index (χ1) is 22.0. The molecular formula is C36H39F2N5O3. The van der Waals surface area contributed by atoms with Crippen LogP contribution in [0.2, 0.25) is 0 Å². The molecular weight excluding hydrogens is 588 g/mol. The minimum atomic E-state index is -1.52. The van der Waals surface area contributed by atoms with Crippen LogP contribution in [0.25, 0.3) is 5.57 Å². The lowest BCUT2D eigenvalue weighted by Gasteiger charge is -2.23. The summed E-state index contributed by atoms with van der Waals surface area (Å²) in [5.74, 6) is -0.00271. The number of nitrogens with zero attached hydrogens (tertiary/aromatic N) is 3. The quantitative estimate of drug-likeness (QED) is 0.128. The highest BCUT2D eigenvalue weighted by Gasteiger charge is 2.59. The molecule has 5 rings (SSSR count). The summed E-state index contributed by atoms with van der Waals surface area (Å²) in [7, 11) is 3.38. The molecule has 8 nitrogen and oxygen atoms in total. The first-order valence-corrected chi connectivity index (χ1v) is 15.4. The van der Waals surface area contributed by atoms with Crippen molar-refractivity contribution in [2.24, 2.45) is 15.9 Å². The number of rotatable bonds is 15. The van der Waals surface area contributed by atoms with Gasteiger partial charge in [0.05, 0.1) is 17.7 Å². The average Bonchev–Trinajstić information content (AvgIpc) is 3.95. The third-order valence-electron chi connectivity index (χ3n) is 8.73. The Labute approximate surface area is 267 Å². The van der Waals surface area contributed by atoms with Gasteiger partial charge in [0, 0.05) is 44.6 Å². The summed E-state index contributed by atoms with van der Waals surface area (Å²) in [4.78, 5) is 21.7. The first kappa shape index (κ1) is 32.9. The Morgan fingerprint density at radius 1 is 1.33 bits per heavy atom. The minimum absolute atomic E-state index is 0.0165. The van der Waals surface area contributed by atoms with Crippen LogP contribution in [0.3, 0.4) is 0 Å². The average molecular weight is 628 g/mol. The molecule has 2 N–H and O–H groups in total. The van der Waals surface area contributed by atoms with Gasteiger partial charge in [0.2, 0.25) is 0 Å². The van der Waals surface area contributed by atoms with Crippen LogP contribution in [0.1, 0.15) is 68.5 Å². The van der Waals surface area contributed by atoms with Gasteiger partial charge in [-0.1, -0.05) is 29.6 Å². The number of Topliss-reactive ketones (excluding diaryl/α,β-unsaturated/α-hetero) is 1. The highest BCUT2D eigenvalue weighted by Crippen LogP contribution is 2.57. The maximum atomic E-state index is 15.2. The Hall–Kier alpha value is -4.53. The van der Waals surface area contributed by atoms with E-state index >= 15 is 4.39 Å². The fourth-order valence-corrected chi connectivity index (χ4v) is 5.67. The van der Waals surface area contributed by atoms with Gasteiger partial charge in [-0.3, -0.25) is 15.2 Å². The third kappa shape index (κ3) is 7.14. The summed E-state index contributed by atoms with van der Waals surface area (Å²) < 4.78 is 40.6. The van der Waals surface area contributed by atoms with E-state index < -0.39 is 28.4 Å².